The fourth-order valence-electron chi connectivity index (χ4n) is 4.23. The molecule has 0 atom stereocenters. The first-order chi connectivity index (χ1) is 15.3. The minimum Gasteiger partial charge on any atom is -0.396 e. The molecular weight excluding hydrogens is 421 g/mol. The fraction of sp³-hybridized carbons (Fsp3) is 0.435. The molecule has 1 aliphatic rings. The van der Waals surface area contributed by atoms with Crippen molar-refractivity contribution in [2.75, 3.05) is 11.9 Å². The number of alkyl halides is 3. The standard InChI is InChI=1S/C23H25F3N4O2/c1-2-15-10-20-16(12-30(29-20)17-8-6-14(13-31)7-9-17)11-19(15)28-22(32)18-4-3-5-21(27-18)23(24,25)26/h3-5,10-12,14,17,31H,2,6-9,13H2,1H3,(H,28,32). The average molecular weight is 446 g/mol. The molecule has 1 aromatic carbocycles. The number of carbonyl (C=O) groups excluding carboxylic acids is 1. The number of halogens is 3. The zero-order valence-corrected chi connectivity index (χ0v) is 17.7. The van der Waals surface area contributed by atoms with E-state index in [1.54, 1.807) is 0 Å². The van der Waals surface area contributed by atoms with Gasteiger partial charge >= 0.3 is 6.18 Å². The minimum absolute atomic E-state index is 0.220. The molecule has 3 aromatic rings. The summed E-state index contributed by atoms with van der Waals surface area (Å²) in [7, 11) is 0. The maximum absolute atomic E-state index is 12.9. The number of hydrogen-bond donors (Lipinski definition) is 2. The lowest BCUT2D eigenvalue weighted by Gasteiger charge is -2.27. The van der Waals surface area contributed by atoms with Crippen molar-refractivity contribution < 1.29 is 23.1 Å². The van der Waals surface area contributed by atoms with E-state index in [0.29, 0.717) is 18.0 Å². The maximum Gasteiger partial charge on any atom is 0.433 e. The van der Waals surface area contributed by atoms with Gasteiger partial charge in [0, 0.05) is 23.9 Å². The van der Waals surface area contributed by atoms with E-state index in [-0.39, 0.29) is 18.3 Å². The summed E-state index contributed by atoms with van der Waals surface area (Å²) < 4.78 is 40.8. The number of pyridine rings is 1. The number of nitrogens with zero attached hydrogens (tertiary/aromatic N) is 3. The first-order valence-corrected chi connectivity index (χ1v) is 10.8. The van der Waals surface area contributed by atoms with E-state index in [2.05, 4.69) is 10.3 Å². The third kappa shape index (κ3) is 4.62. The second kappa shape index (κ2) is 8.90. The van der Waals surface area contributed by atoms with Crippen LogP contribution < -0.4 is 5.32 Å². The van der Waals surface area contributed by atoms with Crippen LogP contribution in [0.1, 0.15) is 60.4 Å². The molecule has 1 amide bonds. The van der Waals surface area contributed by atoms with Crippen molar-refractivity contribution in [2.45, 2.75) is 51.2 Å². The maximum atomic E-state index is 12.9. The van der Waals surface area contributed by atoms with Crippen LogP contribution in [-0.2, 0) is 12.6 Å². The molecule has 0 unspecified atom stereocenters. The predicted octanol–water partition coefficient (Wildman–Crippen LogP) is 4.99. The molecule has 1 saturated carbocycles. The molecular formula is C23H25F3N4O2. The summed E-state index contributed by atoms with van der Waals surface area (Å²) in [4.78, 5) is 16.1. The Morgan fingerprint density at radius 2 is 1.97 bits per heavy atom. The van der Waals surface area contributed by atoms with Gasteiger partial charge in [0.05, 0.1) is 11.6 Å². The number of aromatic nitrogens is 3. The summed E-state index contributed by atoms with van der Waals surface area (Å²) in [5.41, 5.74) is 0.785. The van der Waals surface area contributed by atoms with Gasteiger partial charge in [-0.3, -0.25) is 9.48 Å². The Bertz CT molecular complexity index is 1120. The largest absolute Gasteiger partial charge is 0.433 e. The van der Waals surface area contributed by atoms with E-state index < -0.39 is 17.8 Å². The Balaban J connectivity index is 1.58. The summed E-state index contributed by atoms with van der Waals surface area (Å²) in [6.45, 7) is 2.16. The van der Waals surface area contributed by atoms with Gasteiger partial charge in [0.15, 0.2) is 0 Å². The molecule has 0 radical (unpaired) electrons. The van der Waals surface area contributed by atoms with Crippen LogP contribution in [0.4, 0.5) is 18.9 Å². The quantitative estimate of drug-likeness (QED) is 0.579. The Morgan fingerprint density at radius 1 is 1.22 bits per heavy atom. The van der Waals surface area contributed by atoms with E-state index in [9.17, 15) is 23.1 Å². The summed E-state index contributed by atoms with van der Waals surface area (Å²) in [6, 6.07) is 7.24. The van der Waals surface area contributed by atoms with Gasteiger partial charge in [-0.25, -0.2) is 4.98 Å². The second-order valence-corrected chi connectivity index (χ2v) is 8.25. The predicted molar refractivity (Wildman–Crippen MR) is 114 cm³/mol. The molecule has 170 valence electrons. The minimum atomic E-state index is -4.62. The normalized spacial score (nSPS) is 19.3. The van der Waals surface area contributed by atoms with Crippen LogP contribution in [0.5, 0.6) is 0 Å². The highest BCUT2D eigenvalue weighted by atomic mass is 19.4. The Labute approximate surface area is 183 Å². The van der Waals surface area contributed by atoms with Gasteiger partial charge in [-0.1, -0.05) is 13.0 Å². The lowest BCUT2D eigenvalue weighted by molar-refractivity contribution is -0.141. The number of amides is 1. The number of carbonyl (C=O) groups is 1. The smallest absolute Gasteiger partial charge is 0.396 e. The number of fused-ring (bicyclic) bond motifs is 1. The summed E-state index contributed by atoms with van der Waals surface area (Å²) in [5, 5.41) is 17.6. The molecule has 0 aliphatic heterocycles. The molecule has 2 aromatic heterocycles. The third-order valence-corrected chi connectivity index (χ3v) is 6.10. The Morgan fingerprint density at radius 3 is 2.62 bits per heavy atom. The highest BCUT2D eigenvalue weighted by Gasteiger charge is 2.33. The monoisotopic (exact) mass is 446 g/mol. The molecule has 4 rings (SSSR count). The van der Waals surface area contributed by atoms with Crippen molar-refractivity contribution >= 4 is 22.5 Å². The second-order valence-electron chi connectivity index (χ2n) is 8.25. The number of aliphatic hydroxyl groups excluding tert-OH is 1. The van der Waals surface area contributed by atoms with Crippen LogP contribution in [0.3, 0.4) is 0 Å². The van der Waals surface area contributed by atoms with Crippen molar-refractivity contribution in [2.24, 2.45) is 5.92 Å². The molecule has 32 heavy (non-hydrogen) atoms. The zero-order chi connectivity index (χ0) is 22.9. The van der Waals surface area contributed by atoms with Gasteiger partial charge in [0.1, 0.15) is 11.4 Å². The van der Waals surface area contributed by atoms with Gasteiger partial charge in [-0.2, -0.15) is 18.3 Å². The van der Waals surface area contributed by atoms with Crippen molar-refractivity contribution in [3.63, 3.8) is 0 Å². The van der Waals surface area contributed by atoms with Crippen LogP contribution in [0.25, 0.3) is 10.9 Å². The molecule has 0 bridgehead atoms. The zero-order valence-electron chi connectivity index (χ0n) is 17.7. The summed E-state index contributed by atoms with van der Waals surface area (Å²) >= 11 is 0. The van der Waals surface area contributed by atoms with Gasteiger partial charge < -0.3 is 10.4 Å². The average Bonchev–Trinajstić information content (AvgIpc) is 3.21. The van der Waals surface area contributed by atoms with Gasteiger partial charge in [0.25, 0.3) is 5.91 Å². The number of hydrogen-bond acceptors (Lipinski definition) is 4. The van der Waals surface area contributed by atoms with Gasteiger partial charge in [-0.15, -0.1) is 0 Å². The van der Waals surface area contributed by atoms with Crippen molar-refractivity contribution in [1.82, 2.24) is 14.8 Å². The molecule has 1 aliphatic carbocycles. The highest BCUT2D eigenvalue weighted by Crippen LogP contribution is 2.33. The lowest BCUT2D eigenvalue weighted by Crippen LogP contribution is -2.20. The van der Waals surface area contributed by atoms with E-state index in [0.717, 1.165) is 48.2 Å². The topological polar surface area (TPSA) is 80.0 Å². The van der Waals surface area contributed by atoms with E-state index in [1.165, 1.54) is 12.1 Å². The van der Waals surface area contributed by atoms with E-state index in [4.69, 9.17) is 5.10 Å². The number of aliphatic hydroxyl groups is 1. The first kappa shape index (κ1) is 22.3. The lowest BCUT2D eigenvalue weighted by atomic mass is 9.87. The molecule has 0 spiro atoms. The van der Waals surface area contributed by atoms with Crippen molar-refractivity contribution in [1.29, 1.82) is 0 Å². The van der Waals surface area contributed by atoms with Gasteiger partial charge in [-0.05, 0) is 67.9 Å². The number of benzene rings is 1. The van der Waals surface area contributed by atoms with Crippen LogP contribution >= 0.6 is 0 Å². The number of nitrogens with one attached hydrogen (secondary N) is 1. The number of aryl methyl sites for hydroxylation is 1. The molecule has 2 N–H and O–H groups in total. The molecule has 2 heterocycles. The molecule has 9 heteroatoms. The van der Waals surface area contributed by atoms with Crippen molar-refractivity contribution in [3.8, 4) is 0 Å². The third-order valence-electron chi connectivity index (χ3n) is 6.10. The van der Waals surface area contributed by atoms with Crippen LogP contribution in [0, 0.1) is 5.92 Å². The Kier molecular flexibility index (Phi) is 6.19. The molecule has 6 nitrogen and oxygen atoms in total. The first-order valence-electron chi connectivity index (χ1n) is 10.8. The summed E-state index contributed by atoms with van der Waals surface area (Å²) in [6.07, 6.45) is 1.77. The van der Waals surface area contributed by atoms with Crippen LogP contribution in [-0.4, -0.2) is 32.4 Å². The number of rotatable bonds is 5. The van der Waals surface area contributed by atoms with E-state index >= 15 is 0 Å². The number of anilines is 1. The Hall–Kier alpha value is -2.94. The van der Waals surface area contributed by atoms with E-state index in [1.807, 2.05) is 29.9 Å². The summed E-state index contributed by atoms with van der Waals surface area (Å²) in [5.74, 6) is -0.339. The molecule has 1 fully saturated rings. The van der Waals surface area contributed by atoms with Crippen molar-refractivity contribution in [3.05, 3.63) is 53.5 Å². The molecule has 0 saturated heterocycles. The van der Waals surface area contributed by atoms with Crippen LogP contribution in [0.15, 0.2) is 36.5 Å². The fourth-order valence-corrected chi connectivity index (χ4v) is 4.23. The van der Waals surface area contributed by atoms with Crippen LogP contribution in [0.2, 0.25) is 0 Å². The van der Waals surface area contributed by atoms with Gasteiger partial charge in [0.2, 0.25) is 0 Å². The SMILES string of the molecule is CCc1cc2nn(C3CCC(CO)CC3)cc2cc1NC(=O)c1cccc(C(F)(F)F)n1. The highest BCUT2D eigenvalue weighted by molar-refractivity contribution is 6.04.